The molecule has 0 unspecified atom stereocenters. The lowest BCUT2D eigenvalue weighted by molar-refractivity contribution is 0.262. The minimum atomic E-state index is -0.344. The van der Waals surface area contributed by atoms with Crippen LogP contribution in [0.5, 0.6) is 11.5 Å². The normalized spacial score (nSPS) is 10.6. The largest absolute Gasteiger partial charge is 0.497 e. The minimum Gasteiger partial charge on any atom is -0.497 e. The number of hydrogen-bond donors (Lipinski definition) is 3. The van der Waals surface area contributed by atoms with Crippen LogP contribution < -0.4 is 25.4 Å². The first-order valence-electron chi connectivity index (χ1n) is 12.1. The first kappa shape index (κ1) is 24.6. The second-order valence-corrected chi connectivity index (χ2v) is 8.58. The van der Waals surface area contributed by atoms with Crippen LogP contribution >= 0.6 is 0 Å². The van der Waals surface area contributed by atoms with Crippen LogP contribution in [0, 0.1) is 0 Å². The van der Waals surface area contributed by atoms with Crippen molar-refractivity contribution < 1.29 is 14.3 Å². The van der Waals surface area contributed by atoms with E-state index in [0.717, 1.165) is 33.5 Å². The second kappa shape index (κ2) is 11.3. The summed E-state index contributed by atoms with van der Waals surface area (Å²) in [6, 6.07) is 30.3. The average molecular weight is 506 g/mol. The molecule has 8 heteroatoms. The van der Waals surface area contributed by atoms with Gasteiger partial charge in [-0.3, -0.25) is 0 Å². The van der Waals surface area contributed by atoms with Crippen molar-refractivity contribution in [1.82, 2.24) is 10.2 Å². The van der Waals surface area contributed by atoms with Crippen LogP contribution in [0.4, 0.5) is 27.7 Å². The minimum absolute atomic E-state index is 0.344. The molecule has 0 radical (unpaired) electrons. The third kappa shape index (κ3) is 5.82. The first-order valence-corrected chi connectivity index (χ1v) is 12.1. The zero-order chi connectivity index (χ0) is 26.3. The van der Waals surface area contributed by atoms with E-state index >= 15 is 0 Å². The van der Waals surface area contributed by atoms with Crippen LogP contribution in [-0.2, 0) is 6.42 Å². The van der Waals surface area contributed by atoms with Crippen molar-refractivity contribution in [2.24, 2.45) is 0 Å². The standard InChI is InChI=1S/C30H27N5O3/c1-37-24-16-10-20(11-17-24)18-28-26-8-3-4-9-27(26)29(35-34-28)31-21-12-14-22(15-13-21)32-30(36)33-23-6-5-7-25(19-23)38-2/h3-17,19H,18H2,1-2H3,(H,31,35)(H2,32,33,36). The van der Waals surface area contributed by atoms with Crippen LogP contribution in [0.3, 0.4) is 0 Å². The Bertz CT molecular complexity index is 1550. The highest BCUT2D eigenvalue weighted by molar-refractivity contribution is 6.00. The summed E-state index contributed by atoms with van der Waals surface area (Å²) in [5.41, 5.74) is 4.15. The van der Waals surface area contributed by atoms with Gasteiger partial charge in [-0.05, 0) is 54.1 Å². The number of benzene rings is 4. The maximum absolute atomic E-state index is 12.4. The molecule has 0 aliphatic rings. The molecule has 8 nitrogen and oxygen atoms in total. The van der Waals surface area contributed by atoms with E-state index in [4.69, 9.17) is 9.47 Å². The Hall–Kier alpha value is -5.11. The van der Waals surface area contributed by atoms with E-state index in [-0.39, 0.29) is 6.03 Å². The van der Waals surface area contributed by atoms with Crippen LogP contribution in [0.15, 0.2) is 97.1 Å². The monoisotopic (exact) mass is 505 g/mol. The van der Waals surface area contributed by atoms with Gasteiger partial charge in [-0.15, -0.1) is 5.10 Å². The fourth-order valence-corrected chi connectivity index (χ4v) is 4.09. The Morgan fingerprint density at radius 3 is 2.11 bits per heavy atom. The van der Waals surface area contributed by atoms with E-state index in [0.29, 0.717) is 29.4 Å². The van der Waals surface area contributed by atoms with Gasteiger partial charge < -0.3 is 25.4 Å². The van der Waals surface area contributed by atoms with Crippen molar-refractivity contribution in [2.45, 2.75) is 6.42 Å². The van der Waals surface area contributed by atoms with E-state index in [1.165, 1.54) is 0 Å². The Balaban J connectivity index is 1.27. The van der Waals surface area contributed by atoms with Crippen molar-refractivity contribution in [3.63, 3.8) is 0 Å². The lowest BCUT2D eigenvalue weighted by Crippen LogP contribution is -2.19. The van der Waals surface area contributed by atoms with Gasteiger partial charge in [0.15, 0.2) is 5.82 Å². The van der Waals surface area contributed by atoms with Gasteiger partial charge in [0.25, 0.3) is 0 Å². The maximum atomic E-state index is 12.4. The lowest BCUT2D eigenvalue weighted by atomic mass is 10.0. The quantitative estimate of drug-likeness (QED) is 0.219. The Kier molecular flexibility index (Phi) is 7.31. The second-order valence-electron chi connectivity index (χ2n) is 8.58. The van der Waals surface area contributed by atoms with Crippen LogP contribution in [-0.4, -0.2) is 30.4 Å². The Morgan fingerprint density at radius 2 is 1.37 bits per heavy atom. The van der Waals surface area contributed by atoms with E-state index in [2.05, 4.69) is 32.2 Å². The molecule has 2 amide bonds. The molecule has 0 aliphatic carbocycles. The number of carbonyl (C=O) groups excluding carboxylic acids is 1. The van der Waals surface area contributed by atoms with Gasteiger partial charge in [0, 0.05) is 40.3 Å². The molecule has 1 aromatic heterocycles. The van der Waals surface area contributed by atoms with Gasteiger partial charge in [-0.25, -0.2) is 4.79 Å². The maximum Gasteiger partial charge on any atom is 0.323 e. The number of carbonyl (C=O) groups is 1. The number of nitrogens with zero attached hydrogens (tertiary/aromatic N) is 2. The van der Waals surface area contributed by atoms with E-state index in [9.17, 15) is 4.79 Å². The van der Waals surface area contributed by atoms with Gasteiger partial charge >= 0.3 is 6.03 Å². The highest BCUT2D eigenvalue weighted by Crippen LogP contribution is 2.28. The molecule has 0 fully saturated rings. The summed E-state index contributed by atoms with van der Waals surface area (Å²) in [4.78, 5) is 12.4. The van der Waals surface area contributed by atoms with Crippen LogP contribution in [0.1, 0.15) is 11.3 Å². The van der Waals surface area contributed by atoms with E-state index in [1.54, 1.807) is 26.4 Å². The van der Waals surface area contributed by atoms with E-state index < -0.39 is 0 Å². The third-order valence-corrected chi connectivity index (χ3v) is 6.03. The van der Waals surface area contributed by atoms with E-state index in [1.807, 2.05) is 78.9 Å². The molecule has 4 aromatic carbocycles. The Morgan fingerprint density at radius 1 is 0.684 bits per heavy atom. The number of ether oxygens (including phenoxy) is 2. The summed E-state index contributed by atoms with van der Waals surface area (Å²) >= 11 is 0. The first-order chi connectivity index (χ1) is 18.6. The molecule has 5 rings (SSSR count). The highest BCUT2D eigenvalue weighted by atomic mass is 16.5. The van der Waals surface area contributed by atoms with Gasteiger partial charge in [0.2, 0.25) is 0 Å². The molecular weight excluding hydrogens is 478 g/mol. The highest BCUT2D eigenvalue weighted by Gasteiger charge is 2.11. The van der Waals surface area contributed by atoms with Crippen molar-refractivity contribution in [2.75, 3.05) is 30.2 Å². The number of methoxy groups -OCH3 is 2. The zero-order valence-corrected chi connectivity index (χ0v) is 21.1. The number of aromatic nitrogens is 2. The molecule has 0 saturated carbocycles. The molecule has 0 bridgehead atoms. The summed E-state index contributed by atoms with van der Waals surface area (Å²) in [7, 11) is 3.24. The van der Waals surface area contributed by atoms with Crippen molar-refractivity contribution in [3.05, 3.63) is 108 Å². The molecule has 190 valence electrons. The van der Waals surface area contributed by atoms with Crippen LogP contribution in [0.25, 0.3) is 10.8 Å². The number of amides is 2. The van der Waals surface area contributed by atoms with Gasteiger partial charge in [0.05, 0.1) is 19.9 Å². The average Bonchev–Trinajstić information content (AvgIpc) is 2.96. The van der Waals surface area contributed by atoms with Gasteiger partial charge in [0.1, 0.15) is 11.5 Å². The molecule has 3 N–H and O–H groups in total. The molecule has 0 spiro atoms. The smallest absolute Gasteiger partial charge is 0.323 e. The van der Waals surface area contributed by atoms with Gasteiger partial charge in [-0.2, -0.15) is 5.10 Å². The van der Waals surface area contributed by atoms with Crippen LogP contribution in [0.2, 0.25) is 0 Å². The fraction of sp³-hybridized carbons (Fsp3) is 0.100. The number of nitrogens with one attached hydrogen (secondary N) is 3. The van der Waals surface area contributed by atoms with Crippen molar-refractivity contribution >= 4 is 39.7 Å². The van der Waals surface area contributed by atoms with Gasteiger partial charge in [-0.1, -0.05) is 42.5 Å². The molecular formula is C30H27N5O3. The topological polar surface area (TPSA) is 97.4 Å². The molecule has 1 heterocycles. The predicted molar refractivity (Wildman–Crippen MR) is 151 cm³/mol. The van der Waals surface area contributed by atoms with Crippen molar-refractivity contribution in [1.29, 1.82) is 0 Å². The summed E-state index contributed by atoms with van der Waals surface area (Å²) in [6.45, 7) is 0. The summed E-state index contributed by atoms with van der Waals surface area (Å²) in [6.07, 6.45) is 0.663. The number of rotatable bonds is 8. The number of urea groups is 1. The summed E-state index contributed by atoms with van der Waals surface area (Å²) in [5.74, 6) is 2.15. The zero-order valence-electron chi connectivity index (χ0n) is 21.1. The fourth-order valence-electron chi connectivity index (χ4n) is 4.09. The lowest BCUT2D eigenvalue weighted by Gasteiger charge is -2.12. The summed E-state index contributed by atoms with van der Waals surface area (Å²) < 4.78 is 10.4. The Labute approximate surface area is 220 Å². The molecule has 0 atom stereocenters. The molecule has 0 saturated heterocycles. The number of hydrogen-bond acceptors (Lipinski definition) is 6. The van der Waals surface area contributed by atoms with Crippen molar-refractivity contribution in [3.8, 4) is 11.5 Å². The molecule has 0 aliphatic heterocycles. The third-order valence-electron chi connectivity index (χ3n) is 6.03. The number of fused-ring (bicyclic) bond motifs is 1. The predicted octanol–water partition coefficient (Wildman–Crippen LogP) is 6.63. The molecule has 5 aromatic rings. The molecule has 38 heavy (non-hydrogen) atoms. The SMILES string of the molecule is COc1ccc(Cc2nnc(Nc3ccc(NC(=O)Nc4cccc(OC)c4)cc3)c3ccccc23)cc1. The number of anilines is 4. The summed E-state index contributed by atoms with van der Waals surface area (Å²) in [5, 5.41) is 20.0.